The van der Waals surface area contributed by atoms with Crippen LogP contribution >= 0.6 is 0 Å². The fourth-order valence-corrected chi connectivity index (χ4v) is 1.92. The third-order valence-corrected chi connectivity index (χ3v) is 3.94. The maximum Gasteiger partial charge on any atom is 0.238 e. The summed E-state index contributed by atoms with van der Waals surface area (Å²) in [6.07, 6.45) is 1.04. The number of sulfonamides is 1. The van der Waals surface area contributed by atoms with E-state index < -0.39 is 10.0 Å². The molecule has 0 unspecified atom stereocenters. The number of benzene rings is 1. The van der Waals surface area contributed by atoms with Crippen LogP contribution in [0.3, 0.4) is 0 Å². The van der Waals surface area contributed by atoms with Crippen LogP contribution in [-0.4, -0.2) is 27.1 Å². The highest BCUT2D eigenvalue weighted by Crippen LogP contribution is 2.14. The highest BCUT2D eigenvalue weighted by Gasteiger charge is 2.12. The Hall–Kier alpha value is -1.11. The van der Waals surface area contributed by atoms with Gasteiger partial charge in [-0.05, 0) is 44.5 Å². The number of nitrogens with one attached hydrogen (secondary N) is 1. The first-order valence-electron chi connectivity index (χ1n) is 6.25. The van der Waals surface area contributed by atoms with Gasteiger partial charge in [0.15, 0.2) is 0 Å². The Morgan fingerprint density at radius 1 is 1.26 bits per heavy atom. The number of nitrogens with two attached hydrogens (primary N) is 1. The topological polar surface area (TPSA) is 81.4 Å². The van der Waals surface area contributed by atoms with Gasteiger partial charge in [0, 0.05) is 12.1 Å². The molecule has 19 heavy (non-hydrogen) atoms. The lowest BCUT2D eigenvalue weighted by molar-refractivity contribution is 0.281. The third kappa shape index (κ3) is 5.59. The van der Waals surface area contributed by atoms with Gasteiger partial charge in [-0.15, -0.1) is 0 Å². The molecule has 0 aliphatic rings. The summed E-state index contributed by atoms with van der Waals surface area (Å²) < 4.78 is 27.7. The van der Waals surface area contributed by atoms with Crippen molar-refractivity contribution in [1.82, 2.24) is 5.32 Å². The van der Waals surface area contributed by atoms with E-state index >= 15 is 0 Å². The van der Waals surface area contributed by atoms with Crippen LogP contribution in [0.2, 0.25) is 0 Å². The summed E-state index contributed by atoms with van der Waals surface area (Å²) >= 11 is 0. The molecular weight excluding hydrogens is 264 g/mol. The molecule has 0 saturated carbocycles. The molecule has 6 heteroatoms. The Morgan fingerprint density at radius 2 is 1.84 bits per heavy atom. The molecule has 0 heterocycles. The van der Waals surface area contributed by atoms with E-state index in [1.165, 1.54) is 12.1 Å². The zero-order valence-corrected chi connectivity index (χ0v) is 12.5. The van der Waals surface area contributed by atoms with E-state index in [2.05, 4.69) is 26.1 Å². The maximum atomic E-state index is 11.1. The van der Waals surface area contributed by atoms with Crippen LogP contribution in [0.25, 0.3) is 0 Å². The Bertz CT molecular complexity index is 495. The zero-order chi connectivity index (χ0) is 14.5. The van der Waals surface area contributed by atoms with Gasteiger partial charge in [0.25, 0.3) is 0 Å². The standard InChI is InChI=1S/C13H22N2O3S/c1-4-13(2,3)15-9-10-18-11-5-7-12(8-6-11)19(14,16)17/h5-8,15H,4,9-10H2,1-3H3,(H2,14,16,17). The van der Waals surface area contributed by atoms with Gasteiger partial charge >= 0.3 is 0 Å². The lowest BCUT2D eigenvalue weighted by atomic mass is 10.0. The van der Waals surface area contributed by atoms with E-state index in [0.29, 0.717) is 12.4 Å². The maximum absolute atomic E-state index is 11.1. The second-order valence-electron chi connectivity index (χ2n) is 5.03. The summed E-state index contributed by atoms with van der Waals surface area (Å²) in [7, 11) is -3.64. The van der Waals surface area contributed by atoms with Crippen molar-refractivity contribution in [2.24, 2.45) is 5.14 Å². The quantitative estimate of drug-likeness (QED) is 0.744. The van der Waals surface area contributed by atoms with Crippen molar-refractivity contribution in [3.05, 3.63) is 24.3 Å². The van der Waals surface area contributed by atoms with Crippen LogP contribution in [-0.2, 0) is 10.0 Å². The van der Waals surface area contributed by atoms with E-state index in [0.717, 1.165) is 13.0 Å². The number of ether oxygens (including phenoxy) is 1. The minimum Gasteiger partial charge on any atom is -0.492 e. The monoisotopic (exact) mass is 286 g/mol. The van der Waals surface area contributed by atoms with Gasteiger partial charge in [0.2, 0.25) is 10.0 Å². The fraction of sp³-hybridized carbons (Fsp3) is 0.538. The molecule has 0 fully saturated rings. The average Bonchev–Trinajstić information content (AvgIpc) is 2.34. The molecular formula is C13H22N2O3S. The zero-order valence-electron chi connectivity index (χ0n) is 11.6. The average molecular weight is 286 g/mol. The first-order valence-corrected chi connectivity index (χ1v) is 7.80. The highest BCUT2D eigenvalue weighted by molar-refractivity contribution is 7.89. The fourth-order valence-electron chi connectivity index (χ4n) is 1.41. The van der Waals surface area contributed by atoms with Crippen LogP contribution in [0.15, 0.2) is 29.2 Å². The van der Waals surface area contributed by atoms with Gasteiger partial charge in [-0.3, -0.25) is 0 Å². The summed E-state index contributed by atoms with van der Waals surface area (Å²) in [4.78, 5) is 0.0880. The molecule has 0 aliphatic carbocycles. The van der Waals surface area contributed by atoms with E-state index in [4.69, 9.17) is 9.88 Å². The molecule has 0 aromatic heterocycles. The largest absolute Gasteiger partial charge is 0.492 e. The van der Waals surface area contributed by atoms with Crippen LogP contribution in [0.4, 0.5) is 0 Å². The number of hydrogen-bond donors (Lipinski definition) is 2. The predicted octanol–water partition coefficient (Wildman–Crippen LogP) is 1.49. The number of hydrogen-bond acceptors (Lipinski definition) is 4. The second kappa shape index (κ2) is 6.36. The Kier molecular flexibility index (Phi) is 5.34. The Morgan fingerprint density at radius 3 is 2.32 bits per heavy atom. The molecule has 0 bridgehead atoms. The molecule has 0 aliphatic heterocycles. The molecule has 0 amide bonds. The van der Waals surface area contributed by atoms with Crippen LogP contribution in [0, 0.1) is 0 Å². The minimum atomic E-state index is -3.64. The smallest absolute Gasteiger partial charge is 0.238 e. The summed E-state index contributed by atoms with van der Waals surface area (Å²) in [5, 5.41) is 8.39. The molecule has 0 saturated heterocycles. The Labute approximate surface area is 115 Å². The first kappa shape index (κ1) is 15.9. The summed E-state index contributed by atoms with van der Waals surface area (Å²) in [6, 6.07) is 6.08. The van der Waals surface area contributed by atoms with E-state index in [1.807, 2.05) is 0 Å². The molecule has 0 atom stereocenters. The summed E-state index contributed by atoms with van der Waals surface area (Å²) in [6.45, 7) is 7.65. The molecule has 5 nitrogen and oxygen atoms in total. The first-order chi connectivity index (χ1) is 8.74. The van der Waals surface area contributed by atoms with Crippen LogP contribution < -0.4 is 15.2 Å². The Balaban J connectivity index is 2.43. The molecule has 3 N–H and O–H groups in total. The summed E-state index contributed by atoms with van der Waals surface area (Å²) in [5.41, 5.74) is 0.0981. The molecule has 1 aromatic carbocycles. The third-order valence-electron chi connectivity index (χ3n) is 3.01. The van der Waals surface area contributed by atoms with Crippen molar-refractivity contribution in [3.63, 3.8) is 0 Å². The van der Waals surface area contributed by atoms with Gasteiger partial charge in [-0.2, -0.15) is 0 Å². The van der Waals surface area contributed by atoms with Crippen LogP contribution in [0.1, 0.15) is 27.2 Å². The van der Waals surface area contributed by atoms with Crippen molar-refractivity contribution < 1.29 is 13.2 Å². The highest BCUT2D eigenvalue weighted by atomic mass is 32.2. The van der Waals surface area contributed by atoms with Crippen molar-refractivity contribution in [3.8, 4) is 5.75 Å². The lowest BCUT2D eigenvalue weighted by Crippen LogP contribution is -2.40. The van der Waals surface area contributed by atoms with E-state index in [9.17, 15) is 8.42 Å². The van der Waals surface area contributed by atoms with Crippen molar-refractivity contribution in [2.45, 2.75) is 37.6 Å². The second-order valence-corrected chi connectivity index (χ2v) is 6.59. The molecule has 1 rings (SSSR count). The van der Waals surface area contributed by atoms with Gasteiger partial charge in [0.1, 0.15) is 12.4 Å². The number of primary sulfonamides is 1. The molecule has 108 valence electrons. The van der Waals surface area contributed by atoms with Gasteiger partial charge in [-0.1, -0.05) is 6.92 Å². The van der Waals surface area contributed by atoms with Crippen LogP contribution in [0.5, 0.6) is 5.75 Å². The lowest BCUT2D eigenvalue weighted by Gasteiger charge is -2.24. The van der Waals surface area contributed by atoms with Gasteiger partial charge in [-0.25, -0.2) is 13.6 Å². The molecule has 1 aromatic rings. The van der Waals surface area contributed by atoms with E-state index in [1.54, 1.807) is 12.1 Å². The van der Waals surface area contributed by atoms with Crippen molar-refractivity contribution in [1.29, 1.82) is 0 Å². The van der Waals surface area contributed by atoms with E-state index in [-0.39, 0.29) is 10.4 Å². The van der Waals surface area contributed by atoms with Gasteiger partial charge < -0.3 is 10.1 Å². The van der Waals surface area contributed by atoms with Gasteiger partial charge in [0.05, 0.1) is 4.90 Å². The predicted molar refractivity (Wildman–Crippen MR) is 75.7 cm³/mol. The molecule has 0 radical (unpaired) electrons. The minimum absolute atomic E-state index is 0.0880. The molecule has 0 spiro atoms. The number of rotatable bonds is 7. The SMILES string of the molecule is CCC(C)(C)NCCOc1ccc(S(N)(=O)=O)cc1. The normalized spacial score (nSPS) is 12.4. The van der Waals surface area contributed by atoms with Crippen molar-refractivity contribution in [2.75, 3.05) is 13.2 Å². The van der Waals surface area contributed by atoms with Crippen molar-refractivity contribution >= 4 is 10.0 Å². The summed E-state index contributed by atoms with van der Waals surface area (Å²) in [5.74, 6) is 0.628.